The molecule has 86 valence electrons. The predicted molar refractivity (Wildman–Crippen MR) is 65.7 cm³/mol. The van der Waals surface area contributed by atoms with Crippen molar-refractivity contribution in [2.24, 2.45) is 0 Å². The lowest BCUT2D eigenvalue weighted by Crippen LogP contribution is -2.15. The Morgan fingerprint density at radius 1 is 1.67 bits per heavy atom. The Hall–Kier alpha value is -0.900. The summed E-state index contributed by atoms with van der Waals surface area (Å²) < 4.78 is 5.02. The first-order chi connectivity index (χ1) is 7.10. The molecule has 0 aromatic rings. The van der Waals surface area contributed by atoms with Gasteiger partial charge in [-0.15, -0.1) is 19.2 Å². The molecule has 1 N–H and O–H groups in total. The van der Waals surface area contributed by atoms with E-state index in [1.807, 2.05) is 6.92 Å². The van der Waals surface area contributed by atoms with Gasteiger partial charge in [0.15, 0.2) is 0 Å². The number of nitrogens with one attached hydrogen (secondary N) is 1. The van der Waals surface area contributed by atoms with Crippen LogP contribution >= 0.6 is 12.6 Å². The molecule has 0 saturated carbocycles. The highest BCUT2D eigenvalue weighted by atomic mass is 32.1. The molecule has 0 aliphatic heterocycles. The summed E-state index contributed by atoms with van der Waals surface area (Å²) in [6.45, 7) is 8.02. The SMILES string of the molecule is C=CCN/C(C)=C\C(=O)OC(S)CCC. The van der Waals surface area contributed by atoms with Crippen LogP contribution in [-0.2, 0) is 9.53 Å². The number of hydrogen-bond donors (Lipinski definition) is 2. The van der Waals surface area contributed by atoms with Crippen LogP contribution in [-0.4, -0.2) is 18.0 Å². The number of hydrogen-bond acceptors (Lipinski definition) is 4. The maximum atomic E-state index is 11.3. The molecule has 4 heteroatoms. The Bertz CT molecular complexity index is 239. The van der Waals surface area contributed by atoms with E-state index in [2.05, 4.69) is 24.5 Å². The van der Waals surface area contributed by atoms with E-state index in [-0.39, 0.29) is 11.4 Å². The molecule has 3 nitrogen and oxygen atoms in total. The van der Waals surface area contributed by atoms with Gasteiger partial charge in [-0.1, -0.05) is 19.4 Å². The van der Waals surface area contributed by atoms with Crippen LogP contribution in [0.25, 0.3) is 0 Å². The lowest BCUT2D eigenvalue weighted by atomic mass is 10.3. The highest BCUT2D eigenvalue weighted by Crippen LogP contribution is 2.06. The summed E-state index contributed by atoms with van der Waals surface area (Å²) in [7, 11) is 0. The van der Waals surface area contributed by atoms with Gasteiger partial charge in [-0.05, 0) is 13.3 Å². The van der Waals surface area contributed by atoms with E-state index in [4.69, 9.17) is 4.74 Å². The summed E-state index contributed by atoms with van der Waals surface area (Å²) in [4.78, 5) is 11.3. The van der Waals surface area contributed by atoms with Crippen molar-refractivity contribution in [3.63, 3.8) is 0 Å². The smallest absolute Gasteiger partial charge is 0.333 e. The van der Waals surface area contributed by atoms with Crippen LogP contribution in [0.15, 0.2) is 24.4 Å². The van der Waals surface area contributed by atoms with Crippen LogP contribution in [0, 0.1) is 0 Å². The largest absolute Gasteiger partial charge is 0.448 e. The third-order valence-electron chi connectivity index (χ3n) is 1.65. The fourth-order valence-electron chi connectivity index (χ4n) is 0.935. The molecule has 0 rings (SSSR count). The number of ether oxygens (including phenoxy) is 1. The van der Waals surface area contributed by atoms with Gasteiger partial charge in [0.1, 0.15) is 5.44 Å². The maximum absolute atomic E-state index is 11.3. The molecular formula is C11H19NO2S. The molecule has 0 aromatic heterocycles. The van der Waals surface area contributed by atoms with Crippen LogP contribution in [0.2, 0.25) is 0 Å². The quantitative estimate of drug-likeness (QED) is 0.231. The van der Waals surface area contributed by atoms with E-state index in [1.165, 1.54) is 6.08 Å². The average Bonchev–Trinajstić information content (AvgIpc) is 2.14. The summed E-state index contributed by atoms with van der Waals surface area (Å²) in [5, 5.41) is 2.99. The van der Waals surface area contributed by atoms with Crippen molar-refractivity contribution in [1.29, 1.82) is 0 Å². The van der Waals surface area contributed by atoms with Crippen LogP contribution < -0.4 is 5.32 Å². The minimum absolute atomic E-state index is 0.314. The molecule has 0 radical (unpaired) electrons. The van der Waals surface area contributed by atoms with E-state index >= 15 is 0 Å². The van der Waals surface area contributed by atoms with Crippen LogP contribution in [0.1, 0.15) is 26.7 Å². The Morgan fingerprint density at radius 2 is 2.33 bits per heavy atom. The van der Waals surface area contributed by atoms with E-state index in [1.54, 1.807) is 13.0 Å². The molecule has 0 fully saturated rings. The third kappa shape index (κ3) is 8.12. The van der Waals surface area contributed by atoms with Crippen LogP contribution in [0.5, 0.6) is 0 Å². The van der Waals surface area contributed by atoms with Gasteiger partial charge >= 0.3 is 5.97 Å². The molecule has 0 heterocycles. The van der Waals surface area contributed by atoms with Crippen molar-refractivity contribution in [1.82, 2.24) is 5.32 Å². The fraction of sp³-hybridized carbons (Fsp3) is 0.545. The standard InChI is InChI=1S/C11H19NO2S/c1-4-6-11(15)14-10(13)8-9(3)12-7-5-2/h5,8,11-12,15H,2,4,6-7H2,1,3H3/b9-8-. The minimum Gasteiger partial charge on any atom is -0.448 e. The van der Waals surface area contributed by atoms with Gasteiger partial charge in [-0.3, -0.25) is 0 Å². The van der Waals surface area contributed by atoms with Crippen LogP contribution in [0.3, 0.4) is 0 Å². The second kappa shape index (κ2) is 8.41. The molecule has 0 saturated heterocycles. The minimum atomic E-state index is -0.363. The highest BCUT2D eigenvalue weighted by molar-refractivity contribution is 7.80. The van der Waals surface area contributed by atoms with Gasteiger partial charge in [0.25, 0.3) is 0 Å². The topological polar surface area (TPSA) is 38.3 Å². The first-order valence-electron chi connectivity index (χ1n) is 5.01. The van der Waals surface area contributed by atoms with Crippen molar-refractivity contribution in [2.45, 2.75) is 32.1 Å². The van der Waals surface area contributed by atoms with Gasteiger partial charge < -0.3 is 10.1 Å². The van der Waals surface area contributed by atoms with E-state index in [0.29, 0.717) is 6.54 Å². The lowest BCUT2D eigenvalue weighted by Gasteiger charge is -2.10. The molecule has 1 unspecified atom stereocenters. The fourth-order valence-corrected chi connectivity index (χ4v) is 1.30. The van der Waals surface area contributed by atoms with Crippen molar-refractivity contribution in [2.75, 3.05) is 6.54 Å². The number of rotatable bonds is 7. The molecule has 0 aromatic carbocycles. The maximum Gasteiger partial charge on any atom is 0.333 e. The molecular weight excluding hydrogens is 210 g/mol. The Balaban J connectivity index is 3.94. The zero-order valence-electron chi connectivity index (χ0n) is 9.32. The monoisotopic (exact) mass is 229 g/mol. The average molecular weight is 229 g/mol. The molecule has 0 aliphatic rings. The molecule has 0 amide bonds. The molecule has 15 heavy (non-hydrogen) atoms. The molecule has 1 atom stereocenters. The van der Waals surface area contributed by atoms with E-state index < -0.39 is 0 Å². The number of carbonyl (C=O) groups is 1. The van der Waals surface area contributed by atoms with Crippen molar-refractivity contribution in [3.05, 3.63) is 24.4 Å². The first-order valence-corrected chi connectivity index (χ1v) is 5.53. The summed E-state index contributed by atoms with van der Waals surface area (Å²) in [6.07, 6.45) is 4.85. The van der Waals surface area contributed by atoms with Crippen molar-refractivity contribution in [3.8, 4) is 0 Å². The summed E-state index contributed by atoms with van der Waals surface area (Å²) in [6, 6.07) is 0. The highest BCUT2D eigenvalue weighted by Gasteiger charge is 2.06. The van der Waals surface area contributed by atoms with Gasteiger partial charge in [0, 0.05) is 18.3 Å². The normalized spacial score (nSPS) is 13.1. The zero-order valence-corrected chi connectivity index (χ0v) is 10.2. The summed E-state index contributed by atoms with van der Waals surface area (Å²) in [5.41, 5.74) is 0.447. The number of thiol groups is 1. The summed E-state index contributed by atoms with van der Waals surface area (Å²) in [5.74, 6) is -0.363. The van der Waals surface area contributed by atoms with E-state index in [0.717, 1.165) is 18.5 Å². The lowest BCUT2D eigenvalue weighted by molar-refractivity contribution is -0.139. The number of carbonyl (C=O) groups excluding carboxylic acids is 1. The number of allylic oxidation sites excluding steroid dienone is 1. The van der Waals surface area contributed by atoms with Crippen molar-refractivity contribution >= 4 is 18.6 Å². The molecule has 0 aliphatic carbocycles. The van der Waals surface area contributed by atoms with Crippen LogP contribution in [0.4, 0.5) is 0 Å². The third-order valence-corrected chi connectivity index (χ3v) is 2.01. The zero-order chi connectivity index (χ0) is 11.7. The Labute approximate surface area is 97.0 Å². The second-order valence-electron chi connectivity index (χ2n) is 3.18. The number of esters is 1. The Kier molecular flexibility index (Phi) is 7.91. The summed E-state index contributed by atoms with van der Waals surface area (Å²) >= 11 is 4.13. The first kappa shape index (κ1) is 14.1. The van der Waals surface area contributed by atoms with E-state index in [9.17, 15) is 4.79 Å². The molecule has 0 bridgehead atoms. The Morgan fingerprint density at radius 3 is 2.87 bits per heavy atom. The molecule has 0 spiro atoms. The van der Waals surface area contributed by atoms with Crippen molar-refractivity contribution < 1.29 is 9.53 Å². The van der Waals surface area contributed by atoms with Gasteiger partial charge in [-0.25, -0.2) is 4.79 Å². The predicted octanol–water partition coefficient (Wildman–Crippen LogP) is 2.27. The second-order valence-corrected chi connectivity index (χ2v) is 3.75. The van der Waals surface area contributed by atoms with Gasteiger partial charge in [-0.2, -0.15) is 0 Å². The van der Waals surface area contributed by atoms with Gasteiger partial charge in [0.05, 0.1) is 0 Å². The van der Waals surface area contributed by atoms with Gasteiger partial charge in [0.2, 0.25) is 0 Å².